The predicted octanol–water partition coefficient (Wildman–Crippen LogP) is -3.39. The number of carbonyl (C=O) groups is 2. The maximum atomic E-state index is 14.1. The molecule has 0 radical (unpaired) electrons. The van der Waals surface area contributed by atoms with E-state index in [2.05, 4.69) is 120 Å². The minimum Gasteiger partial charge on any atom is -0.388 e. The molecule has 9 heterocycles. The Labute approximate surface area is 746 Å². The first-order valence-electron chi connectivity index (χ1n) is 34.3. The number of phosphoric ester groups is 4. The van der Waals surface area contributed by atoms with Crippen molar-refractivity contribution in [3.63, 3.8) is 0 Å². The van der Waals surface area contributed by atoms with E-state index < -0.39 is 263 Å². The average molecular weight is 2200 g/mol. The fourth-order valence-corrected chi connectivity index (χ4v) is 24.4. The van der Waals surface area contributed by atoms with Crippen molar-refractivity contribution in [3.05, 3.63) is 128 Å². The highest BCUT2D eigenvalue weighted by atomic mass is 35.5. The van der Waals surface area contributed by atoms with Crippen molar-refractivity contribution in [1.82, 2.24) is 49.5 Å². The SMILES string of the molecule is C=C1NC(=O)C=CN1[C@@H]1O[C@](CN=[N+]=[N-])(COP(=O)(O)OP(=O)(O)OP(=O)(O)O)[C@@H](O)[C@@]1(C)O.C=C[C@@]1(O)[C@H](O)[C@@](CF)(COP(=O)(O)OP(=O)(O)OP(=O)(O)O)O[C@H]1N1C=CC(=O)NC1=C.CC#C[C@@]1(O)[C@H](O)[C@@](CF)(COP(=O)(O)OP(=O)(O)OP(=O)(O)O)O[C@H]1n1ccc(=O)[nH]c1=O.Cc1nc2c(ncn2[C@@H]2O[C@H](COP(=O)(O)OP(=O)(O)OP(=O)(O)O)[C@@H](O)[C@@]2(C)Cl)c(=O)[nH]1. The second-order valence-electron chi connectivity index (χ2n) is 27.4. The van der Waals surface area contributed by atoms with E-state index in [9.17, 15) is 162 Å². The lowest BCUT2D eigenvalue weighted by atomic mass is 9.87. The monoisotopic (exact) mass is 2200 g/mol. The van der Waals surface area contributed by atoms with E-state index in [0.29, 0.717) is 4.57 Å². The number of alkyl halides is 3. The van der Waals surface area contributed by atoms with Crippen LogP contribution in [0.25, 0.3) is 21.6 Å². The van der Waals surface area contributed by atoms with Crippen LogP contribution in [0.15, 0.2) is 100 Å². The number of aliphatic hydroxyl groups excluding tert-OH is 4. The number of rotatable bonds is 37. The maximum absolute atomic E-state index is 14.1. The molecular formula is C50H76ClF2N13O56P12. The zero-order chi connectivity index (χ0) is 103. The Bertz CT molecular complexity index is 5990. The highest BCUT2D eigenvalue weighted by Crippen LogP contribution is 2.71. The van der Waals surface area contributed by atoms with E-state index in [0.717, 1.165) is 59.6 Å². The Morgan fingerprint density at radius 1 is 0.582 bits per heavy atom. The molecule has 0 saturated carbocycles. The molecule has 9 rings (SSSR count). The number of imidazole rings is 1. The number of azide groups is 1. The first-order valence-corrected chi connectivity index (χ1v) is 52.8. The molecule has 27 N–H and O–H groups in total. The molecule has 0 aromatic carbocycles. The number of halogens is 3. The summed E-state index contributed by atoms with van der Waals surface area (Å²) in [5.41, 5.74) is -9.00. The summed E-state index contributed by atoms with van der Waals surface area (Å²) in [5, 5.41) is 83.0. The van der Waals surface area contributed by atoms with Crippen LogP contribution < -0.4 is 27.4 Å². The third-order valence-electron chi connectivity index (χ3n) is 17.3. The summed E-state index contributed by atoms with van der Waals surface area (Å²) in [6, 6.07) is 0.818. The van der Waals surface area contributed by atoms with Gasteiger partial charge in [-0.15, -0.1) is 17.5 Å². The van der Waals surface area contributed by atoms with E-state index in [-0.39, 0.29) is 28.6 Å². The topological polar surface area (TPSA) is 1050 Å². The van der Waals surface area contributed by atoms with E-state index in [1.54, 1.807) is 0 Å². The maximum Gasteiger partial charge on any atom is 0.490 e. The van der Waals surface area contributed by atoms with Crippen LogP contribution in [0.2, 0.25) is 0 Å². The number of ether oxygens (including phenoxy) is 4. The molecule has 84 heteroatoms. The molecule has 24 atom stereocenters. The molecule has 0 bridgehead atoms. The molecule has 4 saturated heterocycles. The van der Waals surface area contributed by atoms with Crippen molar-refractivity contribution in [2.45, 2.75) is 122 Å². The molecule has 8 unspecified atom stereocenters. The van der Waals surface area contributed by atoms with Crippen molar-refractivity contribution in [2.75, 3.05) is 46.3 Å². The van der Waals surface area contributed by atoms with E-state index >= 15 is 0 Å². The van der Waals surface area contributed by atoms with Gasteiger partial charge in [-0.1, -0.05) is 36.8 Å². The lowest BCUT2D eigenvalue weighted by Crippen LogP contribution is -2.56. The number of nitrogens with zero attached hydrogens (tertiary/aromatic N) is 9. The van der Waals surface area contributed by atoms with Gasteiger partial charge in [0.05, 0.1) is 39.3 Å². The summed E-state index contributed by atoms with van der Waals surface area (Å²) in [5.74, 6) is 3.17. The standard InChI is InChI=1S/C13H18FN2O15P3.C13H20FN2O14P3.C12H18ClN4O13P3.C12H20N5O14P3/c1-2-4-13(20)9(18)12(6-14,29-10(13)16-5-3-8(17)15-11(16)19)7-28-33(24,25)31-34(26,27)30-32(21,22)23;1-3-13(19)10(18)12(6-14,28-11(13)16-5-4-9(17)15-8(16)2)7-27-32(23,24)30-33(25,26)29-31(20,21)22;1-5-15-9-7(10(19)16-5)14-4-17(9)11-12(2,13)8(18)6(28-11)3-27-32(23,24)30-33(25,26)29-31(20,21)22;1-7-15-8(18)3-4-17(7)10-11(2,20)9(19)12(29-10,5-14-16-13)6-28-33(24,25)31-34(26,27)30-32(21,22)23/h3,5,9-10,18,20H,6-7H2,1H3,(H,24,25)(H,26,27)(H,15,17,19)(H2,21,22,23);3-5,10-11,18-19H,1-2,6-7H2,(H,15,17)(H,23,24)(H,25,26)(H2,20,21,22);4,6,8,11,18H,3H2,1-2H3,(H,23,24)(H,25,26)(H,15,16,19)(H2,20,21,22);3-4,9-10,19-20H,1,5-6H2,2H3,(H,15,18)(H,24,25)(H,26,27)(H2,21,22,23)/t9-,10-,12-,13-;10-,11-,12-,13-;6-,8-,11-,12-;9-,10+,11+,12+/m1110/s1. The summed E-state index contributed by atoms with van der Waals surface area (Å²) in [4.78, 5) is 217. The van der Waals surface area contributed by atoms with Gasteiger partial charge in [0, 0.05) is 41.7 Å². The summed E-state index contributed by atoms with van der Waals surface area (Å²) < 4.78 is 234. The third kappa shape index (κ3) is 30.3. The number of aromatic nitrogens is 6. The van der Waals surface area contributed by atoms with Crippen molar-refractivity contribution < 1.29 is 259 Å². The van der Waals surface area contributed by atoms with Crippen LogP contribution in [-0.2, 0) is 136 Å². The van der Waals surface area contributed by atoms with Crippen molar-refractivity contribution in [1.29, 1.82) is 0 Å². The first-order chi connectivity index (χ1) is 60.6. The number of hydrogen-bond acceptors (Lipinski definition) is 45. The molecule has 4 fully saturated rings. The van der Waals surface area contributed by atoms with Crippen LogP contribution in [0.3, 0.4) is 0 Å². The zero-order valence-corrected chi connectivity index (χ0v) is 78.2. The number of aryl methyl sites for hydroxylation is 1. The summed E-state index contributed by atoms with van der Waals surface area (Å²) in [6.07, 6.45) is -9.15. The van der Waals surface area contributed by atoms with Crippen LogP contribution in [0.1, 0.15) is 39.1 Å². The minimum atomic E-state index is -5.90. The van der Waals surface area contributed by atoms with Gasteiger partial charge < -0.3 is 158 Å². The number of phosphoric acid groups is 12. The van der Waals surface area contributed by atoms with Crippen LogP contribution in [-0.4, -0.2) is 293 Å². The number of fused-ring (bicyclic) bond motifs is 1. The van der Waals surface area contributed by atoms with E-state index in [4.69, 9.17) is 75.2 Å². The fraction of sp³-hybridized carbons (Fsp3) is 0.540. The van der Waals surface area contributed by atoms with Gasteiger partial charge >= 0.3 is 99.6 Å². The molecule has 0 aliphatic carbocycles. The van der Waals surface area contributed by atoms with Gasteiger partial charge in [0.1, 0.15) is 77.4 Å². The molecule has 3 aromatic rings. The molecular weight excluding hydrogens is 2120 g/mol. The van der Waals surface area contributed by atoms with Crippen LogP contribution in [0, 0.1) is 18.8 Å². The van der Waals surface area contributed by atoms with E-state index in [1.165, 1.54) is 31.7 Å². The Morgan fingerprint density at radius 2 is 0.985 bits per heavy atom. The average Bonchev–Trinajstić information content (AvgIpc) is 1.59. The molecule has 2 amide bonds. The minimum absolute atomic E-state index is 0.0390. The number of H-pyrrole nitrogens is 2. The smallest absolute Gasteiger partial charge is 0.388 e. The number of aliphatic hydroxyl groups is 7. The number of hydrogen-bond donors (Lipinski definition) is 27. The van der Waals surface area contributed by atoms with Gasteiger partial charge in [0.2, 0.25) is 0 Å². The third-order valence-corrected chi connectivity index (χ3v) is 32.8. The lowest BCUT2D eigenvalue weighted by Gasteiger charge is -2.37. The van der Waals surface area contributed by atoms with Crippen LogP contribution >= 0.6 is 105 Å². The molecule has 6 aliphatic heterocycles. The molecule has 758 valence electrons. The summed E-state index contributed by atoms with van der Waals surface area (Å²) >= 11 is 6.43. The highest BCUT2D eigenvalue weighted by Gasteiger charge is 2.68. The van der Waals surface area contributed by atoms with Gasteiger partial charge in [0.25, 0.3) is 22.9 Å². The van der Waals surface area contributed by atoms with Gasteiger partial charge in [-0.25, -0.2) is 78.3 Å². The number of aromatic amines is 2. The predicted molar refractivity (Wildman–Crippen MR) is 420 cm³/mol. The van der Waals surface area contributed by atoms with Crippen molar-refractivity contribution in [3.8, 4) is 11.8 Å². The second kappa shape index (κ2) is 42.7. The molecule has 134 heavy (non-hydrogen) atoms. The zero-order valence-electron chi connectivity index (χ0n) is 66.7. The normalized spacial score (nSPS) is 31.9. The van der Waals surface area contributed by atoms with Crippen molar-refractivity contribution in [2.24, 2.45) is 5.11 Å². The molecule has 0 spiro atoms. The van der Waals surface area contributed by atoms with Crippen molar-refractivity contribution >= 4 is 128 Å². The molecule has 6 aliphatic rings. The Morgan fingerprint density at radius 3 is 1.38 bits per heavy atom. The fourth-order valence-electron chi connectivity index (χ4n) is 11.8. The van der Waals surface area contributed by atoms with Gasteiger partial charge in [-0.3, -0.25) is 51.4 Å². The Balaban J connectivity index is 0.000000275. The first kappa shape index (κ1) is 117. The van der Waals surface area contributed by atoms with Gasteiger partial charge in [-0.05, 0) is 33.2 Å². The second-order valence-corrected chi connectivity index (χ2v) is 45.9. The highest BCUT2D eigenvalue weighted by molar-refractivity contribution is 7.68. The number of nitrogens with one attached hydrogen (secondary N) is 4. The molecule has 69 nitrogen and oxygen atoms in total. The Hall–Kier alpha value is -5.51. The summed E-state index contributed by atoms with van der Waals surface area (Å²) in [7, 11) is -68.4. The van der Waals surface area contributed by atoms with Crippen LogP contribution in [0.4, 0.5) is 8.78 Å². The Kier molecular flexibility index (Phi) is 37.4. The van der Waals surface area contributed by atoms with Gasteiger partial charge in [0.15, 0.2) is 58.5 Å². The number of carbonyl (C=O) groups excluding carboxylic acids is 2. The quantitative estimate of drug-likeness (QED) is 0.00509. The number of amides is 2. The van der Waals surface area contributed by atoms with Crippen LogP contribution in [0.5, 0.6) is 0 Å². The largest absolute Gasteiger partial charge is 0.490 e. The molecule has 3 aromatic heterocycles. The summed E-state index contributed by atoms with van der Waals surface area (Å²) in [6.45, 7) is 6.21. The van der Waals surface area contributed by atoms with E-state index in [1.807, 2.05) is 4.98 Å². The van der Waals surface area contributed by atoms with Gasteiger partial charge in [-0.2, -0.15) is 34.5 Å². The lowest BCUT2D eigenvalue weighted by molar-refractivity contribution is -0.145.